The molecule has 0 amide bonds. The van der Waals surface area contributed by atoms with Crippen molar-refractivity contribution in [1.82, 2.24) is 4.98 Å². The molecule has 3 aromatic carbocycles. The third-order valence-corrected chi connectivity index (χ3v) is 5.38. The van der Waals surface area contributed by atoms with E-state index in [0.717, 1.165) is 17.1 Å². The maximum Gasteiger partial charge on any atom is 0.123 e. The highest BCUT2D eigenvalue weighted by Crippen LogP contribution is 2.23. The van der Waals surface area contributed by atoms with Crippen LogP contribution in [0.3, 0.4) is 0 Å². The second kappa shape index (κ2) is 9.57. The van der Waals surface area contributed by atoms with Gasteiger partial charge < -0.3 is 5.73 Å². The van der Waals surface area contributed by atoms with Gasteiger partial charge in [-0.15, -0.1) is 20.2 Å². The number of aromatic nitrogens is 1. The summed E-state index contributed by atoms with van der Waals surface area (Å²) in [6.45, 7) is 2.73. The van der Waals surface area contributed by atoms with Crippen LogP contribution >= 0.6 is 20.2 Å². The summed E-state index contributed by atoms with van der Waals surface area (Å²) in [4.78, 5) is 4.51. The zero-order chi connectivity index (χ0) is 19.1. The van der Waals surface area contributed by atoms with Gasteiger partial charge in [0.05, 0.1) is 5.69 Å². The topological polar surface area (TPSA) is 38.9 Å². The van der Waals surface area contributed by atoms with E-state index in [4.69, 9.17) is 5.73 Å². The Morgan fingerprint density at radius 1 is 0.963 bits per heavy atom. The van der Waals surface area contributed by atoms with Crippen LogP contribution < -0.4 is 5.73 Å². The normalized spacial score (nSPS) is 10.3. The predicted octanol–water partition coefficient (Wildman–Crippen LogP) is 5.83. The number of hydrogen-bond acceptors (Lipinski definition) is 3. The molecule has 0 bridgehead atoms. The Morgan fingerprint density at radius 3 is 2.41 bits per heavy atom. The Labute approximate surface area is 166 Å². The van der Waals surface area contributed by atoms with Crippen LogP contribution in [0.4, 0.5) is 0 Å². The van der Waals surface area contributed by atoms with Crippen LogP contribution in [0.5, 0.6) is 0 Å². The number of thiazole rings is 1. The highest BCUT2D eigenvalue weighted by Gasteiger charge is 2.02. The van der Waals surface area contributed by atoms with Gasteiger partial charge in [0.2, 0.25) is 0 Å². The first-order chi connectivity index (χ1) is 13.2. The quantitative estimate of drug-likeness (QED) is 0.445. The summed E-state index contributed by atoms with van der Waals surface area (Å²) in [6, 6.07) is 25.0. The van der Waals surface area contributed by atoms with Crippen LogP contribution in [0.15, 0.2) is 78.2 Å². The lowest BCUT2D eigenvalue weighted by molar-refractivity contribution is 0.936. The molecule has 0 aliphatic rings. The molecular formula is C23H23N2PS. The van der Waals surface area contributed by atoms with E-state index >= 15 is 0 Å². The van der Waals surface area contributed by atoms with Crippen LogP contribution in [-0.4, -0.2) is 16.8 Å². The number of benzene rings is 3. The van der Waals surface area contributed by atoms with Crippen molar-refractivity contribution in [3.8, 4) is 10.6 Å². The Balaban J connectivity index is 0.000000156. The molecule has 0 fully saturated rings. The summed E-state index contributed by atoms with van der Waals surface area (Å²) >= 11 is 1.68. The van der Waals surface area contributed by atoms with E-state index in [0.29, 0.717) is 6.54 Å². The molecule has 1 heterocycles. The summed E-state index contributed by atoms with van der Waals surface area (Å²) in [5.74, 6) is 0. The van der Waals surface area contributed by atoms with Gasteiger partial charge in [-0.3, -0.25) is 0 Å². The van der Waals surface area contributed by atoms with Crippen molar-refractivity contribution in [3.05, 3.63) is 89.4 Å². The van der Waals surface area contributed by atoms with Crippen molar-refractivity contribution in [1.29, 1.82) is 0 Å². The molecule has 27 heavy (non-hydrogen) atoms. The molecule has 0 aliphatic heterocycles. The fourth-order valence-corrected chi connectivity index (χ4v) is 3.91. The van der Waals surface area contributed by atoms with Crippen LogP contribution in [0.25, 0.3) is 21.3 Å². The highest BCUT2D eigenvalue weighted by molar-refractivity contribution is 7.22. The van der Waals surface area contributed by atoms with E-state index in [1.807, 2.05) is 18.2 Å². The summed E-state index contributed by atoms with van der Waals surface area (Å²) in [5.41, 5.74) is 9.02. The second-order valence-corrected chi connectivity index (χ2v) is 7.81. The van der Waals surface area contributed by atoms with Gasteiger partial charge in [0.25, 0.3) is 0 Å². The van der Waals surface area contributed by atoms with Crippen molar-refractivity contribution >= 4 is 36.3 Å². The van der Waals surface area contributed by atoms with Gasteiger partial charge in [0.15, 0.2) is 0 Å². The molecule has 136 valence electrons. The summed E-state index contributed by atoms with van der Waals surface area (Å²) < 4.78 is 0. The minimum atomic E-state index is 0.665. The zero-order valence-corrected chi connectivity index (χ0v) is 17.2. The van der Waals surface area contributed by atoms with Crippen molar-refractivity contribution < 1.29 is 0 Å². The molecule has 4 aromatic rings. The molecule has 1 aromatic heterocycles. The maximum atomic E-state index is 5.47. The Morgan fingerprint density at radius 2 is 1.67 bits per heavy atom. The first kappa shape index (κ1) is 19.4. The van der Waals surface area contributed by atoms with E-state index in [9.17, 15) is 0 Å². The summed E-state index contributed by atoms with van der Waals surface area (Å²) in [5, 5.41) is 6.93. The monoisotopic (exact) mass is 390 g/mol. The Kier molecular flexibility index (Phi) is 6.89. The largest absolute Gasteiger partial charge is 0.330 e. The molecule has 0 unspecified atom stereocenters. The van der Waals surface area contributed by atoms with Gasteiger partial charge in [0.1, 0.15) is 5.01 Å². The van der Waals surface area contributed by atoms with Gasteiger partial charge in [-0.2, -0.15) is 0 Å². The van der Waals surface area contributed by atoms with Gasteiger partial charge in [0, 0.05) is 17.4 Å². The van der Waals surface area contributed by atoms with Gasteiger partial charge in [-0.05, 0) is 35.1 Å². The zero-order valence-electron chi connectivity index (χ0n) is 15.4. The Hall–Kier alpha value is -2.32. The Bertz CT molecular complexity index is 1020. The number of hydrogen-bond donors (Lipinski definition) is 1. The molecule has 4 heteroatoms. The first-order valence-corrected chi connectivity index (χ1v) is 10.3. The molecule has 0 aliphatic carbocycles. The second-order valence-electron chi connectivity index (χ2n) is 6.20. The SMILES string of the molecule is CC(=P)c1cccc2ccccc12.NCCc1csc(-c2ccccc2)n1. The van der Waals surface area contributed by atoms with E-state index in [2.05, 4.69) is 80.7 Å². The van der Waals surface area contributed by atoms with Crippen LogP contribution in [0.1, 0.15) is 18.2 Å². The van der Waals surface area contributed by atoms with E-state index in [1.54, 1.807) is 11.3 Å². The van der Waals surface area contributed by atoms with Crippen molar-refractivity contribution in [2.45, 2.75) is 13.3 Å². The lowest BCUT2D eigenvalue weighted by Gasteiger charge is -2.04. The summed E-state index contributed by atoms with van der Waals surface area (Å²) in [7, 11) is 3.57. The number of fused-ring (bicyclic) bond motifs is 1. The maximum absolute atomic E-state index is 5.47. The summed E-state index contributed by atoms with van der Waals surface area (Å²) in [6.07, 6.45) is 0.864. The average Bonchev–Trinajstić information content (AvgIpc) is 3.18. The molecule has 0 radical (unpaired) electrons. The molecule has 0 spiro atoms. The van der Waals surface area contributed by atoms with Crippen molar-refractivity contribution in [3.63, 3.8) is 0 Å². The minimum absolute atomic E-state index is 0.665. The van der Waals surface area contributed by atoms with E-state index in [1.165, 1.54) is 27.2 Å². The fraction of sp³-hybridized carbons (Fsp3) is 0.130. The van der Waals surface area contributed by atoms with Crippen LogP contribution in [-0.2, 0) is 6.42 Å². The van der Waals surface area contributed by atoms with Gasteiger partial charge in [-0.1, -0.05) is 72.8 Å². The molecule has 0 atom stereocenters. The molecule has 2 nitrogen and oxygen atoms in total. The van der Waals surface area contributed by atoms with Gasteiger partial charge >= 0.3 is 0 Å². The third-order valence-electron chi connectivity index (χ3n) is 4.17. The molecular weight excluding hydrogens is 367 g/mol. The average molecular weight is 390 g/mol. The number of nitrogens with two attached hydrogens (primary N) is 1. The first-order valence-electron chi connectivity index (χ1n) is 8.92. The van der Waals surface area contributed by atoms with Crippen LogP contribution in [0.2, 0.25) is 0 Å². The predicted molar refractivity (Wildman–Crippen MR) is 122 cm³/mol. The molecule has 4 rings (SSSR count). The lowest BCUT2D eigenvalue weighted by atomic mass is 10.0. The minimum Gasteiger partial charge on any atom is -0.330 e. The fourth-order valence-electron chi connectivity index (χ4n) is 2.84. The lowest BCUT2D eigenvalue weighted by Crippen LogP contribution is -2.02. The van der Waals surface area contributed by atoms with E-state index < -0.39 is 0 Å². The highest BCUT2D eigenvalue weighted by atomic mass is 32.1. The number of rotatable bonds is 4. The smallest absolute Gasteiger partial charge is 0.123 e. The molecule has 0 saturated heterocycles. The van der Waals surface area contributed by atoms with E-state index in [-0.39, 0.29) is 0 Å². The molecule has 0 saturated carbocycles. The number of nitrogens with zero attached hydrogens (tertiary/aromatic N) is 1. The van der Waals surface area contributed by atoms with Crippen molar-refractivity contribution in [2.24, 2.45) is 5.73 Å². The van der Waals surface area contributed by atoms with Crippen molar-refractivity contribution in [2.75, 3.05) is 6.54 Å². The van der Waals surface area contributed by atoms with Crippen LogP contribution in [0, 0.1) is 0 Å². The van der Waals surface area contributed by atoms with Gasteiger partial charge in [-0.25, -0.2) is 4.98 Å². The molecule has 2 N–H and O–H groups in total. The third kappa shape index (κ3) is 5.11. The standard InChI is InChI=1S/C12H11P.C11H12N2S/c1-9(13)11-8-4-6-10-5-2-3-7-12(10)11;12-7-6-10-8-14-11(13-10)9-4-2-1-3-5-9/h2-8,13H,1H3;1-5,8H,6-7,12H2.